The molecule has 0 radical (unpaired) electrons. The number of ether oxygens (including phenoxy) is 1. The lowest BCUT2D eigenvalue weighted by Crippen LogP contribution is -2.28. The van der Waals surface area contributed by atoms with Gasteiger partial charge in [-0.2, -0.15) is 16.9 Å². The molecule has 0 aliphatic carbocycles. The monoisotopic (exact) mass is 346 g/mol. The van der Waals surface area contributed by atoms with E-state index in [4.69, 9.17) is 4.74 Å². The van der Waals surface area contributed by atoms with Crippen molar-refractivity contribution < 1.29 is 9.53 Å². The van der Waals surface area contributed by atoms with Gasteiger partial charge in [-0.1, -0.05) is 0 Å². The van der Waals surface area contributed by atoms with Crippen LogP contribution in [0.5, 0.6) is 5.88 Å². The van der Waals surface area contributed by atoms with E-state index >= 15 is 0 Å². The first-order valence-corrected chi connectivity index (χ1v) is 9.27. The fourth-order valence-corrected chi connectivity index (χ4v) is 3.73. The van der Waals surface area contributed by atoms with E-state index in [9.17, 15) is 4.79 Å². The molecule has 1 fully saturated rings. The highest BCUT2D eigenvalue weighted by Gasteiger charge is 2.17. The summed E-state index contributed by atoms with van der Waals surface area (Å²) < 4.78 is 7.68. The van der Waals surface area contributed by atoms with E-state index in [2.05, 4.69) is 15.4 Å². The van der Waals surface area contributed by atoms with Crippen LogP contribution in [0.25, 0.3) is 0 Å². The van der Waals surface area contributed by atoms with Gasteiger partial charge in [0.2, 0.25) is 5.88 Å². The Morgan fingerprint density at radius 1 is 1.46 bits per heavy atom. The van der Waals surface area contributed by atoms with Crippen LogP contribution in [0.15, 0.2) is 24.4 Å². The summed E-state index contributed by atoms with van der Waals surface area (Å²) in [7, 11) is 0. The number of carbonyl (C=O) groups is 1. The second-order valence-electron chi connectivity index (χ2n) is 5.89. The number of aromatic nitrogens is 3. The Balaban J connectivity index is 1.48. The highest BCUT2D eigenvalue weighted by atomic mass is 32.2. The molecule has 1 N–H and O–H groups in total. The van der Waals surface area contributed by atoms with Crippen LogP contribution in [0, 0.1) is 13.8 Å². The molecular formula is C17H22N4O2S. The molecule has 2 aromatic rings. The third-order valence-electron chi connectivity index (χ3n) is 3.89. The Morgan fingerprint density at radius 2 is 2.33 bits per heavy atom. The van der Waals surface area contributed by atoms with Crippen molar-refractivity contribution in [3.8, 4) is 5.88 Å². The van der Waals surface area contributed by atoms with Crippen molar-refractivity contribution in [1.82, 2.24) is 20.1 Å². The van der Waals surface area contributed by atoms with Crippen molar-refractivity contribution in [2.45, 2.75) is 32.9 Å². The quantitative estimate of drug-likeness (QED) is 0.868. The highest BCUT2D eigenvalue weighted by molar-refractivity contribution is 7.99. The molecule has 1 atom stereocenters. The number of carbonyl (C=O) groups excluding carboxylic acids is 1. The summed E-state index contributed by atoms with van der Waals surface area (Å²) in [6.45, 7) is 5.15. The summed E-state index contributed by atoms with van der Waals surface area (Å²) >= 11 is 1.90. The molecule has 0 saturated carbocycles. The third-order valence-corrected chi connectivity index (χ3v) is 5.02. The Labute approximate surface area is 146 Å². The minimum absolute atomic E-state index is 0.132. The van der Waals surface area contributed by atoms with E-state index in [0.29, 0.717) is 24.5 Å². The second kappa shape index (κ2) is 7.70. The van der Waals surface area contributed by atoms with Crippen LogP contribution < -0.4 is 10.1 Å². The third kappa shape index (κ3) is 4.29. The Morgan fingerprint density at radius 3 is 2.96 bits per heavy atom. The summed E-state index contributed by atoms with van der Waals surface area (Å²) in [4.78, 5) is 16.4. The first-order chi connectivity index (χ1) is 11.6. The van der Waals surface area contributed by atoms with Crippen molar-refractivity contribution in [2.24, 2.45) is 0 Å². The standard InChI is InChI=1S/C17H22N4O2S/c1-12-9-13(2)21(20-12)7-6-18-17(22)14-3-4-16(19-10-14)23-15-5-8-24-11-15/h3-4,9-10,15H,5-8,11H2,1-2H3,(H,18,22)/t15-/m1/s1. The number of aryl methyl sites for hydroxylation is 2. The van der Waals surface area contributed by atoms with Crippen LogP contribution >= 0.6 is 11.8 Å². The van der Waals surface area contributed by atoms with Gasteiger partial charge in [0.1, 0.15) is 6.10 Å². The normalized spacial score (nSPS) is 17.0. The van der Waals surface area contributed by atoms with Gasteiger partial charge in [0.05, 0.1) is 17.8 Å². The number of nitrogens with one attached hydrogen (secondary N) is 1. The molecule has 24 heavy (non-hydrogen) atoms. The molecule has 1 aliphatic heterocycles. The lowest BCUT2D eigenvalue weighted by atomic mass is 10.2. The topological polar surface area (TPSA) is 69.0 Å². The summed E-state index contributed by atoms with van der Waals surface area (Å²) in [5, 5.41) is 7.27. The van der Waals surface area contributed by atoms with Gasteiger partial charge < -0.3 is 10.1 Å². The van der Waals surface area contributed by atoms with Gasteiger partial charge in [0.15, 0.2) is 0 Å². The van der Waals surface area contributed by atoms with Gasteiger partial charge in [0.25, 0.3) is 5.91 Å². The molecule has 1 aliphatic rings. The number of thioether (sulfide) groups is 1. The van der Waals surface area contributed by atoms with Crippen molar-refractivity contribution in [2.75, 3.05) is 18.1 Å². The van der Waals surface area contributed by atoms with Gasteiger partial charge in [-0.05, 0) is 38.2 Å². The van der Waals surface area contributed by atoms with E-state index in [1.54, 1.807) is 18.3 Å². The van der Waals surface area contributed by atoms with E-state index in [0.717, 1.165) is 29.3 Å². The molecule has 2 aromatic heterocycles. The van der Waals surface area contributed by atoms with Gasteiger partial charge in [-0.25, -0.2) is 4.98 Å². The lowest BCUT2D eigenvalue weighted by Gasteiger charge is -2.11. The highest BCUT2D eigenvalue weighted by Crippen LogP contribution is 2.21. The maximum atomic E-state index is 12.2. The zero-order valence-electron chi connectivity index (χ0n) is 14.0. The molecule has 3 heterocycles. The molecule has 0 spiro atoms. The minimum Gasteiger partial charge on any atom is -0.473 e. The predicted octanol–water partition coefficient (Wildman–Crippen LogP) is 2.21. The minimum atomic E-state index is -0.132. The fourth-order valence-electron chi connectivity index (χ4n) is 2.64. The lowest BCUT2D eigenvalue weighted by molar-refractivity contribution is 0.0951. The van der Waals surface area contributed by atoms with Crippen molar-refractivity contribution in [3.63, 3.8) is 0 Å². The van der Waals surface area contributed by atoms with Crippen LogP contribution in [-0.4, -0.2) is 44.8 Å². The number of pyridine rings is 1. The Hall–Kier alpha value is -2.02. The largest absolute Gasteiger partial charge is 0.473 e. The number of hydrogen-bond donors (Lipinski definition) is 1. The molecule has 1 saturated heterocycles. The fraction of sp³-hybridized carbons (Fsp3) is 0.471. The predicted molar refractivity (Wildman–Crippen MR) is 94.6 cm³/mol. The Bertz CT molecular complexity index is 693. The molecule has 1 amide bonds. The van der Waals surface area contributed by atoms with E-state index in [-0.39, 0.29) is 12.0 Å². The number of hydrogen-bond acceptors (Lipinski definition) is 5. The number of amides is 1. The second-order valence-corrected chi connectivity index (χ2v) is 7.04. The van der Waals surface area contributed by atoms with Crippen LogP contribution in [0.3, 0.4) is 0 Å². The van der Waals surface area contributed by atoms with Crippen LogP contribution in [0.4, 0.5) is 0 Å². The maximum Gasteiger partial charge on any atom is 0.252 e. The molecule has 7 heteroatoms. The van der Waals surface area contributed by atoms with Gasteiger partial charge >= 0.3 is 0 Å². The van der Waals surface area contributed by atoms with Gasteiger partial charge in [-0.3, -0.25) is 9.48 Å². The number of rotatable bonds is 6. The molecular weight excluding hydrogens is 324 g/mol. The molecule has 3 rings (SSSR count). The van der Waals surface area contributed by atoms with Gasteiger partial charge in [-0.15, -0.1) is 0 Å². The van der Waals surface area contributed by atoms with E-state index in [1.165, 1.54) is 0 Å². The summed E-state index contributed by atoms with van der Waals surface area (Å²) in [6, 6.07) is 5.54. The zero-order valence-corrected chi connectivity index (χ0v) is 14.8. The van der Waals surface area contributed by atoms with Crippen molar-refractivity contribution >= 4 is 17.7 Å². The molecule has 0 bridgehead atoms. The SMILES string of the molecule is Cc1cc(C)n(CCNC(=O)c2ccc(O[C@@H]3CCSC3)nc2)n1. The summed E-state index contributed by atoms with van der Waals surface area (Å²) in [5.74, 6) is 2.60. The maximum absolute atomic E-state index is 12.2. The molecule has 6 nitrogen and oxygen atoms in total. The van der Waals surface area contributed by atoms with E-state index in [1.807, 2.05) is 36.4 Å². The smallest absolute Gasteiger partial charge is 0.252 e. The average molecular weight is 346 g/mol. The summed E-state index contributed by atoms with van der Waals surface area (Å²) in [5.41, 5.74) is 2.62. The van der Waals surface area contributed by atoms with E-state index < -0.39 is 0 Å². The van der Waals surface area contributed by atoms with Crippen LogP contribution in [0.1, 0.15) is 28.2 Å². The average Bonchev–Trinajstić information content (AvgIpc) is 3.18. The van der Waals surface area contributed by atoms with Crippen LogP contribution in [-0.2, 0) is 6.54 Å². The first-order valence-electron chi connectivity index (χ1n) is 8.11. The van der Waals surface area contributed by atoms with Crippen molar-refractivity contribution in [1.29, 1.82) is 0 Å². The Kier molecular flexibility index (Phi) is 5.40. The molecule has 128 valence electrons. The number of nitrogens with zero attached hydrogens (tertiary/aromatic N) is 3. The zero-order chi connectivity index (χ0) is 16.9. The molecule has 0 unspecified atom stereocenters. The van der Waals surface area contributed by atoms with Gasteiger partial charge in [0, 0.05) is 30.3 Å². The van der Waals surface area contributed by atoms with Crippen molar-refractivity contribution in [3.05, 3.63) is 41.3 Å². The first kappa shape index (κ1) is 16.8. The van der Waals surface area contributed by atoms with Crippen LogP contribution in [0.2, 0.25) is 0 Å². The summed E-state index contributed by atoms with van der Waals surface area (Å²) in [6.07, 6.45) is 2.86. The molecule has 0 aromatic carbocycles.